The van der Waals surface area contributed by atoms with Crippen LogP contribution in [-0.2, 0) is 20.1 Å². The van der Waals surface area contributed by atoms with Gasteiger partial charge in [0.05, 0.1) is 11.2 Å². The molecule has 225 valence electrons. The molecule has 0 bridgehead atoms. The molecule has 0 saturated carbocycles. The smallest absolute Gasteiger partial charge is 0 e. The van der Waals surface area contributed by atoms with Gasteiger partial charge in [-0.15, -0.1) is 0 Å². The predicted octanol–water partition coefficient (Wildman–Crippen LogP) is 10.1. The second-order valence-electron chi connectivity index (χ2n) is 12.2. The van der Waals surface area contributed by atoms with Gasteiger partial charge in [-0.3, -0.25) is 0 Å². The zero-order valence-electron chi connectivity index (χ0n) is 25.9. The maximum Gasteiger partial charge on any atom is 0 e. The third-order valence-corrected chi connectivity index (χ3v) is 12.4. The fourth-order valence-electron chi connectivity index (χ4n) is 5.51. The van der Waals surface area contributed by atoms with Crippen molar-refractivity contribution >= 4 is 61.5 Å². The molecule has 0 N–H and O–H groups in total. The van der Waals surface area contributed by atoms with Gasteiger partial charge in [0.2, 0.25) is 0 Å². The molecule has 4 nitrogen and oxygen atoms in total. The van der Waals surface area contributed by atoms with Crippen LogP contribution in [0.4, 0.5) is 0 Å². The number of rotatable bonds is 3. The van der Waals surface area contributed by atoms with Crippen molar-refractivity contribution in [1.82, 2.24) is 9.97 Å². The van der Waals surface area contributed by atoms with E-state index < -0.39 is 13.3 Å². The van der Waals surface area contributed by atoms with Crippen LogP contribution >= 0.6 is 0 Å². The molecule has 4 heterocycles. The molecular formula is C39H32GeIrN2O2-2. The fraction of sp³-hybridized carbons (Fsp3) is 0.128. The first-order chi connectivity index (χ1) is 21.3. The second kappa shape index (κ2) is 12.4. The average molecular weight is 826 g/mol. The minimum Gasteiger partial charge on any atom is 0 e. The van der Waals surface area contributed by atoms with Crippen LogP contribution in [0, 0.1) is 26.0 Å². The van der Waals surface area contributed by atoms with Crippen molar-refractivity contribution in [2.45, 2.75) is 31.1 Å². The normalized spacial score (nSPS) is 11.5. The Bertz CT molecular complexity index is 2280. The van der Waals surface area contributed by atoms with Crippen LogP contribution < -0.4 is 4.40 Å². The average Bonchev–Trinajstić information content (AvgIpc) is 3.61. The van der Waals surface area contributed by atoms with E-state index in [0.717, 1.165) is 72.0 Å². The van der Waals surface area contributed by atoms with Crippen LogP contribution in [0.1, 0.15) is 11.1 Å². The Balaban J connectivity index is 0.000000181. The molecule has 0 fully saturated rings. The number of fused-ring (bicyclic) bond motifs is 7. The summed E-state index contributed by atoms with van der Waals surface area (Å²) in [6.45, 7) is 4.16. The Morgan fingerprint density at radius 1 is 0.667 bits per heavy atom. The van der Waals surface area contributed by atoms with E-state index in [1.807, 2.05) is 73.1 Å². The molecule has 0 aliphatic carbocycles. The Morgan fingerprint density at radius 2 is 1.33 bits per heavy atom. The van der Waals surface area contributed by atoms with E-state index in [0.29, 0.717) is 0 Å². The molecule has 0 amide bonds. The van der Waals surface area contributed by atoms with E-state index >= 15 is 0 Å². The number of furan rings is 2. The summed E-state index contributed by atoms with van der Waals surface area (Å²) in [4.78, 5) is 9.19. The minimum atomic E-state index is -1.72. The molecule has 45 heavy (non-hydrogen) atoms. The number of para-hydroxylation sites is 2. The van der Waals surface area contributed by atoms with E-state index in [1.165, 1.54) is 9.96 Å². The third-order valence-electron chi connectivity index (χ3n) is 8.15. The van der Waals surface area contributed by atoms with Gasteiger partial charge in [0.15, 0.2) is 0 Å². The number of aromatic nitrogens is 2. The van der Waals surface area contributed by atoms with Crippen molar-refractivity contribution in [1.29, 1.82) is 0 Å². The summed E-state index contributed by atoms with van der Waals surface area (Å²) in [5.41, 5.74) is 9.34. The van der Waals surface area contributed by atoms with Crippen LogP contribution in [-0.4, -0.2) is 23.2 Å². The topological polar surface area (TPSA) is 52.1 Å². The van der Waals surface area contributed by atoms with Crippen LogP contribution in [0.2, 0.25) is 17.3 Å². The number of hydrogen-bond donors (Lipinski definition) is 0. The molecule has 0 aliphatic rings. The summed E-state index contributed by atoms with van der Waals surface area (Å²) < 4.78 is 13.9. The van der Waals surface area contributed by atoms with Gasteiger partial charge in [-0.2, -0.15) is 0 Å². The fourth-order valence-corrected chi connectivity index (χ4v) is 7.68. The van der Waals surface area contributed by atoms with Gasteiger partial charge in [0, 0.05) is 31.7 Å². The van der Waals surface area contributed by atoms with Gasteiger partial charge in [-0.25, -0.2) is 0 Å². The number of benzene rings is 4. The zero-order chi connectivity index (χ0) is 30.4. The Labute approximate surface area is 279 Å². The third kappa shape index (κ3) is 5.88. The van der Waals surface area contributed by atoms with Gasteiger partial charge in [0.25, 0.3) is 0 Å². The van der Waals surface area contributed by atoms with Gasteiger partial charge in [-0.1, -0.05) is 59.7 Å². The molecular weight excluding hydrogens is 793 g/mol. The van der Waals surface area contributed by atoms with Gasteiger partial charge in [-0.05, 0) is 53.4 Å². The van der Waals surface area contributed by atoms with Crippen LogP contribution in [0.5, 0.6) is 0 Å². The quantitative estimate of drug-likeness (QED) is 0.132. The van der Waals surface area contributed by atoms with E-state index in [2.05, 4.69) is 83.5 Å². The van der Waals surface area contributed by atoms with Crippen LogP contribution in [0.25, 0.3) is 66.4 Å². The number of nitrogens with zero attached hydrogens (tertiary/aromatic N) is 2. The molecule has 0 unspecified atom stereocenters. The SMILES string of the molecule is Cc1cnc(-c2[c-]c3oc4ccccc4c3c3c2oc2ccccc23)cc1C.[CH3][Ge]([CH3])([CH3])[c]1ccc(-c2[c-]cccc2)nc1.[Ir]. The first kappa shape index (κ1) is 31.0. The standard InChI is InChI=1S/C25H16NO2.C14H16GeN.Ir/c1-14-11-19(26-13-15(14)2)18-12-22-23(16-7-3-5-9-20(16)27-22)24-17-8-4-6-10-21(17)28-25(18)24;1-15(2,3)13-9-10-14(16-11-13)12-7-5-4-6-8-12;/h3-11,13H,1-2H3;4-7,9-11H,1-3H3;/q2*-1;. The number of aryl methyl sites for hydroxylation is 2. The molecule has 8 aromatic rings. The Kier molecular flexibility index (Phi) is 8.54. The summed E-state index contributed by atoms with van der Waals surface area (Å²) in [6, 6.07) is 37.3. The summed E-state index contributed by atoms with van der Waals surface area (Å²) in [5, 5.41) is 4.26. The van der Waals surface area contributed by atoms with Crippen molar-refractivity contribution in [3.8, 4) is 22.5 Å². The minimum absolute atomic E-state index is 0. The molecule has 0 atom stereocenters. The molecule has 4 aromatic carbocycles. The van der Waals surface area contributed by atoms with E-state index in [9.17, 15) is 0 Å². The molecule has 8 rings (SSSR count). The molecule has 0 saturated heterocycles. The second-order valence-corrected chi connectivity index (χ2v) is 22.9. The Morgan fingerprint density at radius 3 is 1.98 bits per heavy atom. The maximum atomic E-state index is 6.32. The molecule has 0 spiro atoms. The summed E-state index contributed by atoms with van der Waals surface area (Å²) in [5.74, 6) is 7.14. The summed E-state index contributed by atoms with van der Waals surface area (Å²) in [6.07, 6.45) is 3.94. The van der Waals surface area contributed by atoms with Crippen molar-refractivity contribution < 1.29 is 28.9 Å². The van der Waals surface area contributed by atoms with Crippen molar-refractivity contribution in [2.24, 2.45) is 0 Å². The zero-order valence-corrected chi connectivity index (χ0v) is 30.4. The van der Waals surface area contributed by atoms with Gasteiger partial charge in [0.1, 0.15) is 11.2 Å². The maximum absolute atomic E-state index is 6.32. The molecule has 1 radical (unpaired) electrons. The van der Waals surface area contributed by atoms with E-state index in [4.69, 9.17) is 8.83 Å². The predicted molar refractivity (Wildman–Crippen MR) is 184 cm³/mol. The van der Waals surface area contributed by atoms with E-state index in [1.54, 1.807) is 0 Å². The van der Waals surface area contributed by atoms with Crippen LogP contribution in [0.15, 0.2) is 112 Å². The number of pyridine rings is 2. The van der Waals surface area contributed by atoms with Crippen molar-refractivity contribution in [3.05, 3.63) is 127 Å². The molecule has 0 aliphatic heterocycles. The van der Waals surface area contributed by atoms with E-state index in [-0.39, 0.29) is 20.1 Å². The Hall–Kier alpha value is -4.03. The molecule has 4 aromatic heterocycles. The number of hydrogen-bond acceptors (Lipinski definition) is 4. The summed E-state index contributed by atoms with van der Waals surface area (Å²) in [7, 11) is 0. The van der Waals surface area contributed by atoms with Gasteiger partial charge < -0.3 is 13.8 Å². The molecule has 6 heteroatoms. The van der Waals surface area contributed by atoms with Crippen LogP contribution in [0.3, 0.4) is 0 Å². The monoisotopic (exact) mass is 827 g/mol. The first-order valence-corrected chi connectivity index (χ1v) is 22.2. The van der Waals surface area contributed by atoms with Crippen molar-refractivity contribution in [3.63, 3.8) is 0 Å². The first-order valence-electron chi connectivity index (χ1n) is 14.8. The summed E-state index contributed by atoms with van der Waals surface area (Å²) >= 11 is -1.72. The van der Waals surface area contributed by atoms with Crippen molar-refractivity contribution in [2.75, 3.05) is 0 Å². The van der Waals surface area contributed by atoms with Gasteiger partial charge >= 0.3 is 99.8 Å². The largest absolute Gasteiger partial charge is 0 e.